The Kier molecular flexibility index (Phi) is 4.34. The van der Waals surface area contributed by atoms with Crippen molar-refractivity contribution in [2.75, 3.05) is 33.9 Å². The summed E-state index contributed by atoms with van der Waals surface area (Å²) in [4.78, 5) is 2.11. The maximum atomic E-state index is 5.75. The van der Waals surface area contributed by atoms with E-state index in [1.807, 2.05) is 20.2 Å². The molecule has 0 saturated heterocycles. The van der Waals surface area contributed by atoms with Crippen LogP contribution in [0.15, 0.2) is 82.2 Å². The van der Waals surface area contributed by atoms with Crippen molar-refractivity contribution in [3.8, 4) is 0 Å². The average molecular weight is 337 g/mol. The minimum Gasteiger partial charge on any atom is -0.464 e. The van der Waals surface area contributed by atoms with E-state index < -0.39 is 0 Å². The highest BCUT2D eigenvalue weighted by atomic mass is 16.5. The molecule has 5 heteroatoms. The maximum Gasteiger partial charge on any atom is 0.137 e. The topological polar surface area (TPSA) is 45.8 Å². The first kappa shape index (κ1) is 16.0. The van der Waals surface area contributed by atoms with Gasteiger partial charge in [-0.25, -0.2) is 0 Å². The van der Waals surface area contributed by atoms with E-state index in [2.05, 4.69) is 46.1 Å². The van der Waals surface area contributed by atoms with Gasteiger partial charge in [0.1, 0.15) is 5.76 Å². The lowest BCUT2D eigenvalue weighted by molar-refractivity contribution is 0.132. The van der Waals surface area contributed by atoms with Gasteiger partial charge in [0.05, 0.1) is 30.9 Å². The molecule has 2 heterocycles. The zero-order chi connectivity index (χ0) is 17.2. The molecule has 130 valence electrons. The molecule has 2 aliphatic heterocycles. The monoisotopic (exact) mass is 337 g/mol. The van der Waals surface area contributed by atoms with Crippen LogP contribution in [0.2, 0.25) is 0 Å². The second-order valence-corrected chi connectivity index (χ2v) is 6.67. The molecule has 0 bridgehead atoms. The highest BCUT2D eigenvalue weighted by molar-refractivity contribution is 5.66. The highest BCUT2D eigenvalue weighted by Gasteiger charge is 2.30. The molecule has 4 aliphatic rings. The van der Waals surface area contributed by atoms with Gasteiger partial charge in [0.25, 0.3) is 0 Å². The first-order valence-electron chi connectivity index (χ1n) is 8.57. The molecular weight excluding hydrogens is 314 g/mol. The van der Waals surface area contributed by atoms with Gasteiger partial charge >= 0.3 is 0 Å². The van der Waals surface area contributed by atoms with Crippen LogP contribution in [-0.2, 0) is 9.47 Å². The predicted octanol–water partition coefficient (Wildman–Crippen LogP) is 2.43. The number of rotatable bonds is 5. The van der Waals surface area contributed by atoms with E-state index in [1.165, 1.54) is 16.7 Å². The number of hydrogen-bond acceptors (Lipinski definition) is 5. The SMILES string of the molecule is CN(C)CCOCC1=CC2=CC=CC3=C4OC=CC=C4CC3=C2NN1. The lowest BCUT2D eigenvalue weighted by atomic mass is 10.0. The summed E-state index contributed by atoms with van der Waals surface area (Å²) in [6.07, 6.45) is 15.2. The van der Waals surface area contributed by atoms with Crippen LogP contribution in [0.4, 0.5) is 0 Å². The molecule has 0 aromatic carbocycles. The van der Waals surface area contributed by atoms with Crippen molar-refractivity contribution >= 4 is 0 Å². The van der Waals surface area contributed by atoms with E-state index in [4.69, 9.17) is 9.47 Å². The summed E-state index contributed by atoms with van der Waals surface area (Å²) in [5.74, 6) is 0.972. The minimum atomic E-state index is 0.566. The molecule has 0 amide bonds. The standard InChI is InChI=1S/C20H23N3O2/c1-23(2)8-10-24-13-16-11-14-5-3-7-17-18(19(14)22-21-16)12-15-6-4-9-25-20(15)17/h3-7,9,11,21-22H,8,10,12-13H2,1-2H3. The van der Waals surface area contributed by atoms with E-state index in [9.17, 15) is 0 Å². The van der Waals surface area contributed by atoms with Crippen LogP contribution in [0.1, 0.15) is 6.42 Å². The van der Waals surface area contributed by atoms with Crippen LogP contribution >= 0.6 is 0 Å². The molecule has 0 aromatic heterocycles. The van der Waals surface area contributed by atoms with Gasteiger partial charge in [-0.15, -0.1) is 0 Å². The Bertz CT molecular complexity index is 792. The number of hydrogen-bond donors (Lipinski definition) is 2. The Morgan fingerprint density at radius 2 is 2.12 bits per heavy atom. The number of hydrazine groups is 1. The average Bonchev–Trinajstić information content (AvgIpc) is 2.88. The molecule has 0 saturated carbocycles. The van der Waals surface area contributed by atoms with E-state index in [-0.39, 0.29) is 0 Å². The first-order valence-corrected chi connectivity index (χ1v) is 8.57. The van der Waals surface area contributed by atoms with Crippen molar-refractivity contribution in [1.82, 2.24) is 15.8 Å². The zero-order valence-electron chi connectivity index (χ0n) is 14.6. The second kappa shape index (κ2) is 6.78. The molecule has 2 aliphatic carbocycles. The van der Waals surface area contributed by atoms with Crippen LogP contribution in [0.3, 0.4) is 0 Å². The van der Waals surface area contributed by atoms with Crippen LogP contribution in [0, 0.1) is 0 Å². The molecule has 0 fully saturated rings. The molecule has 5 nitrogen and oxygen atoms in total. The van der Waals surface area contributed by atoms with Crippen LogP contribution in [-0.4, -0.2) is 38.8 Å². The number of fused-ring (bicyclic) bond motifs is 3. The van der Waals surface area contributed by atoms with Gasteiger partial charge in [0, 0.05) is 24.1 Å². The third-order valence-electron chi connectivity index (χ3n) is 4.54. The number of allylic oxidation sites excluding steroid dienone is 9. The van der Waals surface area contributed by atoms with E-state index in [1.54, 1.807) is 6.26 Å². The number of likely N-dealkylation sites (N-methyl/N-ethyl adjacent to an activating group) is 1. The maximum absolute atomic E-state index is 5.75. The minimum absolute atomic E-state index is 0.566. The second-order valence-electron chi connectivity index (χ2n) is 6.67. The quantitative estimate of drug-likeness (QED) is 0.755. The zero-order valence-corrected chi connectivity index (χ0v) is 14.6. The molecule has 0 unspecified atom stereocenters. The van der Waals surface area contributed by atoms with Crippen molar-refractivity contribution in [2.45, 2.75) is 6.42 Å². The summed E-state index contributed by atoms with van der Waals surface area (Å²) in [5, 5.41) is 0. The molecular formula is C20H23N3O2. The smallest absolute Gasteiger partial charge is 0.137 e. The van der Waals surface area contributed by atoms with Gasteiger partial charge in [-0.2, -0.15) is 0 Å². The molecule has 0 atom stereocenters. The number of nitrogens with one attached hydrogen (secondary N) is 2. The van der Waals surface area contributed by atoms with Gasteiger partial charge < -0.3 is 25.2 Å². The Labute approximate surface area is 148 Å². The fourth-order valence-corrected chi connectivity index (χ4v) is 3.26. The molecule has 2 N–H and O–H groups in total. The molecule has 0 spiro atoms. The van der Waals surface area contributed by atoms with Crippen LogP contribution in [0.5, 0.6) is 0 Å². The van der Waals surface area contributed by atoms with Gasteiger partial charge in [0.2, 0.25) is 0 Å². The number of nitrogens with zero attached hydrogens (tertiary/aromatic N) is 1. The molecule has 0 aromatic rings. The summed E-state index contributed by atoms with van der Waals surface area (Å²) in [6, 6.07) is 0. The van der Waals surface area contributed by atoms with E-state index in [0.717, 1.165) is 35.7 Å². The Hall–Kier alpha value is -2.50. The molecule has 4 rings (SSSR count). The van der Waals surface area contributed by atoms with Crippen molar-refractivity contribution in [3.63, 3.8) is 0 Å². The van der Waals surface area contributed by atoms with Crippen molar-refractivity contribution in [1.29, 1.82) is 0 Å². The van der Waals surface area contributed by atoms with Gasteiger partial charge in [0.15, 0.2) is 0 Å². The van der Waals surface area contributed by atoms with Crippen LogP contribution < -0.4 is 10.9 Å². The Balaban J connectivity index is 1.54. The summed E-state index contributed by atoms with van der Waals surface area (Å²) in [6.45, 7) is 2.20. The predicted molar refractivity (Wildman–Crippen MR) is 97.9 cm³/mol. The van der Waals surface area contributed by atoms with Crippen molar-refractivity contribution in [2.24, 2.45) is 0 Å². The van der Waals surface area contributed by atoms with Gasteiger partial charge in [-0.3, -0.25) is 0 Å². The van der Waals surface area contributed by atoms with Crippen molar-refractivity contribution in [3.05, 3.63) is 82.2 Å². The Morgan fingerprint density at radius 3 is 3.00 bits per heavy atom. The summed E-state index contributed by atoms with van der Waals surface area (Å²) in [5.41, 5.74) is 13.6. The highest BCUT2D eigenvalue weighted by Crippen LogP contribution is 2.42. The summed E-state index contributed by atoms with van der Waals surface area (Å²) in [7, 11) is 4.09. The van der Waals surface area contributed by atoms with E-state index in [0.29, 0.717) is 13.2 Å². The third kappa shape index (κ3) is 3.21. The van der Waals surface area contributed by atoms with E-state index >= 15 is 0 Å². The summed E-state index contributed by atoms with van der Waals surface area (Å²) < 4.78 is 11.5. The molecule has 0 radical (unpaired) electrons. The van der Waals surface area contributed by atoms with Crippen LogP contribution in [0.25, 0.3) is 0 Å². The van der Waals surface area contributed by atoms with Gasteiger partial charge in [-0.05, 0) is 37.4 Å². The van der Waals surface area contributed by atoms with Crippen molar-refractivity contribution < 1.29 is 9.47 Å². The normalized spacial score (nSPS) is 20.7. The fourth-order valence-electron chi connectivity index (χ4n) is 3.26. The Morgan fingerprint density at radius 1 is 1.20 bits per heavy atom. The third-order valence-corrected chi connectivity index (χ3v) is 4.54. The largest absolute Gasteiger partial charge is 0.464 e. The molecule has 25 heavy (non-hydrogen) atoms. The van der Waals surface area contributed by atoms with Gasteiger partial charge in [-0.1, -0.05) is 24.3 Å². The fraction of sp³-hybridized carbons (Fsp3) is 0.300. The first-order chi connectivity index (χ1) is 12.2. The lowest BCUT2D eigenvalue weighted by Crippen LogP contribution is -2.37. The lowest BCUT2D eigenvalue weighted by Gasteiger charge is -2.24. The number of ether oxygens (including phenoxy) is 2. The summed E-state index contributed by atoms with van der Waals surface area (Å²) >= 11 is 0.